The van der Waals surface area contributed by atoms with Gasteiger partial charge in [-0.1, -0.05) is 48.5 Å². The highest BCUT2D eigenvalue weighted by molar-refractivity contribution is 6.12. The summed E-state index contributed by atoms with van der Waals surface area (Å²) in [6.45, 7) is 5.40. The highest BCUT2D eigenvalue weighted by atomic mass is 16.6. The number of ether oxygens (including phenoxy) is 1. The van der Waals surface area contributed by atoms with Gasteiger partial charge in [0.25, 0.3) is 0 Å². The van der Waals surface area contributed by atoms with Crippen LogP contribution in [0.25, 0.3) is 10.9 Å². The van der Waals surface area contributed by atoms with Gasteiger partial charge in [-0.2, -0.15) is 0 Å². The fraction of sp³-hybridized carbons (Fsp3) is 0.200. The Bertz CT molecular complexity index is 902. The Morgan fingerprint density at radius 2 is 1.54 bits per heavy atom. The minimum atomic E-state index is -0.643. The van der Waals surface area contributed by atoms with Crippen molar-refractivity contribution in [3.05, 3.63) is 71.9 Å². The van der Waals surface area contributed by atoms with Gasteiger partial charge in [-0.3, -0.25) is 4.79 Å². The summed E-state index contributed by atoms with van der Waals surface area (Å²) in [5.74, 6) is -0.211. The quantitative estimate of drug-likeness (QED) is 0.645. The molecule has 4 nitrogen and oxygen atoms in total. The number of hydrogen-bond donors (Lipinski definition) is 0. The summed E-state index contributed by atoms with van der Waals surface area (Å²) in [7, 11) is 0. The lowest BCUT2D eigenvalue weighted by molar-refractivity contribution is 0.0536. The second-order valence-corrected chi connectivity index (χ2v) is 6.60. The van der Waals surface area contributed by atoms with Crippen LogP contribution in [0.5, 0.6) is 0 Å². The highest BCUT2D eigenvalue weighted by Gasteiger charge is 2.25. The Labute approximate surface area is 140 Å². The molecule has 0 amide bonds. The molecule has 1 heterocycles. The summed E-state index contributed by atoms with van der Waals surface area (Å²) in [5.41, 5.74) is 0.850. The van der Waals surface area contributed by atoms with E-state index in [0.29, 0.717) is 16.8 Å². The number of carbonyl (C=O) groups excluding carboxylic acids is 2. The van der Waals surface area contributed by atoms with Crippen LogP contribution in [-0.4, -0.2) is 22.0 Å². The minimum absolute atomic E-state index is 0.211. The van der Waals surface area contributed by atoms with E-state index in [0.717, 1.165) is 5.39 Å². The van der Waals surface area contributed by atoms with Crippen LogP contribution in [0.3, 0.4) is 0 Å². The van der Waals surface area contributed by atoms with Crippen LogP contribution in [0.1, 0.15) is 36.8 Å². The summed E-state index contributed by atoms with van der Waals surface area (Å²) < 4.78 is 6.85. The number of aromatic nitrogens is 1. The molecule has 3 rings (SSSR count). The van der Waals surface area contributed by atoms with Gasteiger partial charge in [-0.25, -0.2) is 9.36 Å². The third-order valence-corrected chi connectivity index (χ3v) is 3.56. The summed E-state index contributed by atoms with van der Waals surface area (Å²) in [6.07, 6.45) is -0.553. The fourth-order valence-electron chi connectivity index (χ4n) is 2.56. The van der Waals surface area contributed by atoms with E-state index in [1.54, 1.807) is 57.2 Å². The second-order valence-electron chi connectivity index (χ2n) is 6.60. The van der Waals surface area contributed by atoms with Gasteiger partial charge in [0.1, 0.15) is 11.3 Å². The molecule has 122 valence electrons. The van der Waals surface area contributed by atoms with E-state index in [1.165, 1.54) is 4.57 Å². The van der Waals surface area contributed by atoms with Gasteiger partial charge in [0.15, 0.2) is 0 Å². The molecule has 0 aliphatic rings. The van der Waals surface area contributed by atoms with Crippen LogP contribution in [-0.2, 0) is 4.74 Å². The Kier molecular flexibility index (Phi) is 3.97. The summed E-state index contributed by atoms with van der Waals surface area (Å²) in [6, 6.07) is 18.0. The van der Waals surface area contributed by atoms with Gasteiger partial charge in [-0.15, -0.1) is 0 Å². The zero-order valence-corrected chi connectivity index (χ0v) is 13.9. The van der Waals surface area contributed by atoms with Gasteiger partial charge >= 0.3 is 6.09 Å². The molecule has 0 radical (unpaired) electrons. The lowest BCUT2D eigenvalue weighted by Crippen LogP contribution is -2.28. The number of para-hydroxylation sites is 1. The van der Waals surface area contributed by atoms with Gasteiger partial charge < -0.3 is 4.74 Å². The molecule has 2 aromatic carbocycles. The third kappa shape index (κ3) is 3.08. The Balaban J connectivity index is 2.15. The van der Waals surface area contributed by atoms with Crippen LogP contribution in [0.2, 0.25) is 0 Å². The van der Waals surface area contributed by atoms with Crippen LogP contribution in [0, 0.1) is 0 Å². The van der Waals surface area contributed by atoms with Crippen molar-refractivity contribution < 1.29 is 14.3 Å². The monoisotopic (exact) mass is 321 g/mol. The van der Waals surface area contributed by atoms with E-state index < -0.39 is 11.7 Å². The predicted molar refractivity (Wildman–Crippen MR) is 93.4 cm³/mol. The van der Waals surface area contributed by atoms with Crippen molar-refractivity contribution in [1.82, 2.24) is 4.57 Å². The summed E-state index contributed by atoms with van der Waals surface area (Å²) in [5, 5.41) is 0.822. The molecule has 3 aromatic rings. The lowest BCUT2D eigenvalue weighted by atomic mass is 10.1. The standard InChI is InChI=1S/C20H19NO3/c1-20(2,3)24-19(23)21-16-12-8-7-11-15(16)13-17(21)18(22)14-9-5-4-6-10-14/h4-13H,1-3H3. The molecule has 0 fully saturated rings. The van der Waals surface area contributed by atoms with E-state index in [4.69, 9.17) is 4.74 Å². The number of rotatable bonds is 2. The Hall–Kier alpha value is -2.88. The predicted octanol–water partition coefficient (Wildman–Crippen LogP) is 4.66. The van der Waals surface area contributed by atoms with Crippen LogP contribution < -0.4 is 0 Å². The molecule has 0 N–H and O–H groups in total. The summed E-state index contributed by atoms with van der Waals surface area (Å²) >= 11 is 0. The van der Waals surface area contributed by atoms with Gasteiger partial charge in [0.05, 0.1) is 5.52 Å². The third-order valence-electron chi connectivity index (χ3n) is 3.56. The molecule has 0 aliphatic carbocycles. The molecule has 0 saturated carbocycles. The fourth-order valence-corrected chi connectivity index (χ4v) is 2.56. The zero-order valence-electron chi connectivity index (χ0n) is 13.9. The molecule has 0 saturated heterocycles. The molecule has 4 heteroatoms. The molecule has 24 heavy (non-hydrogen) atoms. The average Bonchev–Trinajstić information content (AvgIpc) is 2.93. The maximum Gasteiger partial charge on any atom is 0.419 e. The first-order valence-electron chi connectivity index (χ1n) is 7.80. The van der Waals surface area contributed by atoms with Crippen LogP contribution in [0.4, 0.5) is 4.79 Å². The van der Waals surface area contributed by atoms with E-state index in [1.807, 2.05) is 24.3 Å². The normalized spacial score (nSPS) is 11.5. The van der Waals surface area contributed by atoms with Crippen molar-refractivity contribution in [2.45, 2.75) is 26.4 Å². The molecule has 0 spiro atoms. The highest BCUT2D eigenvalue weighted by Crippen LogP contribution is 2.24. The molecular formula is C20H19NO3. The molecule has 0 unspecified atom stereocenters. The van der Waals surface area contributed by atoms with Crippen LogP contribution in [0.15, 0.2) is 60.7 Å². The molecule has 0 atom stereocenters. The number of fused-ring (bicyclic) bond motifs is 1. The first-order chi connectivity index (χ1) is 11.4. The smallest absolute Gasteiger partial charge is 0.419 e. The number of hydrogen-bond acceptors (Lipinski definition) is 3. The molecular weight excluding hydrogens is 302 g/mol. The van der Waals surface area contributed by atoms with E-state index in [-0.39, 0.29) is 5.78 Å². The maximum absolute atomic E-state index is 12.9. The van der Waals surface area contributed by atoms with Gasteiger partial charge in [0.2, 0.25) is 5.78 Å². The summed E-state index contributed by atoms with van der Waals surface area (Å²) in [4.78, 5) is 25.6. The van der Waals surface area contributed by atoms with Crippen molar-refractivity contribution >= 4 is 22.8 Å². The topological polar surface area (TPSA) is 48.3 Å². The second kappa shape index (κ2) is 5.96. The number of ketones is 1. The Morgan fingerprint density at radius 1 is 0.917 bits per heavy atom. The average molecular weight is 321 g/mol. The maximum atomic E-state index is 12.9. The first kappa shape index (κ1) is 16.0. The SMILES string of the molecule is CC(C)(C)OC(=O)n1c(C(=O)c2ccccc2)cc2ccccc21. The van der Waals surface area contributed by atoms with Crippen molar-refractivity contribution in [2.75, 3.05) is 0 Å². The number of carbonyl (C=O) groups is 2. The van der Waals surface area contributed by atoms with Crippen molar-refractivity contribution in [3.63, 3.8) is 0 Å². The first-order valence-corrected chi connectivity index (χ1v) is 7.80. The van der Waals surface area contributed by atoms with E-state index in [9.17, 15) is 9.59 Å². The molecule has 0 aliphatic heterocycles. The van der Waals surface area contributed by atoms with Gasteiger partial charge in [-0.05, 0) is 32.9 Å². The Morgan fingerprint density at radius 3 is 2.21 bits per heavy atom. The molecule has 1 aromatic heterocycles. The lowest BCUT2D eigenvalue weighted by Gasteiger charge is -2.20. The molecule has 0 bridgehead atoms. The largest absolute Gasteiger partial charge is 0.443 e. The number of nitrogens with zero attached hydrogens (tertiary/aromatic N) is 1. The van der Waals surface area contributed by atoms with Crippen molar-refractivity contribution in [1.29, 1.82) is 0 Å². The van der Waals surface area contributed by atoms with Crippen molar-refractivity contribution in [3.8, 4) is 0 Å². The van der Waals surface area contributed by atoms with E-state index >= 15 is 0 Å². The zero-order chi connectivity index (χ0) is 17.3. The minimum Gasteiger partial charge on any atom is -0.443 e. The number of benzene rings is 2. The van der Waals surface area contributed by atoms with E-state index in [2.05, 4.69) is 0 Å². The van der Waals surface area contributed by atoms with Crippen LogP contribution >= 0.6 is 0 Å². The van der Waals surface area contributed by atoms with Gasteiger partial charge in [0, 0.05) is 10.9 Å². The van der Waals surface area contributed by atoms with Crippen molar-refractivity contribution in [2.24, 2.45) is 0 Å².